The number of aliphatic hydroxyl groups is 1. The Kier molecular flexibility index (Phi) is 4.07. The summed E-state index contributed by atoms with van der Waals surface area (Å²) in [6.45, 7) is 3.70. The van der Waals surface area contributed by atoms with Crippen LogP contribution >= 0.6 is 0 Å². The van der Waals surface area contributed by atoms with E-state index in [-0.39, 0.29) is 17.7 Å². The molecule has 0 saturated carbocycles. The summed E-state index contributed by atoms with van der Waals surface area (Å²) in [6, 6.07) is 0.116. The highest BCUT2D eigenvalue weighted by atomic mass is 32.2. The second-order valence-electron chi connectivity index (χ2n) is 5.22. The Morgan fingerprint density at radius 1 is 1.47 bits per heavy atom. The van der Waals surface area contributed by atoms with Crippen molar-refractivity contribution < 1.29 is 13.5 Å². The van der Waals surface area contributed by atoms with Crippen LogP contribution in [0.1, 0.15) is 26.2 Å². The van der Waals surface area contributed by atoms with Crippen LogP contribution in [0, 0.1) is 5.92 Å². The van der Waals surface area contributed by atoms with Crippen molar-refractivity contribution >= 4 is 10.0 Å². The van der Waals surface area contributed by atoms with E-state index in [9.17, 15) is 13.5 Å². The summed E-state index contributed by atoms with van der Waals surface area (Å²) in [6.07, 6.45) is 2.37. The van der Waals surface area contributed by atoms with Gasteiger partial charge in [0.1, 0.15) is 0 Å². The van der Waals surface area contributed by atoms with Crippen molar-refractivity contribution in [3.8, 4) is 0 Å². The van der Waals surface area contributed by atoms with Gasteiger partial charge in [-0.3, -0.25) is 0 Å². The molecule has 2 aliphatic rings. The number of nitrogens with one attached hydrogen (secondary N) is 1. The molecular formula is C11H22N2O3S. The minimum Gasteiger partial charge on any atom is -0.393 e. The molecule has 0 aromatic rings. The first-order chi connectivity index (χ1) is 7.99. The molecule has 3 unspecified atom stereocenters. The third-order valence-electron chi connectivity index (χ3n) is 3.84. The lowest BCUT2D eigenvalue weighted by atomic mass is 10.0. The molecule has 3 atom stereocenters. The maximum absolute atomic E-state index is 12.2. The molecule has 2 fully saturated rings. The normalized spacial score (nSPS) is 33.1. The monoisotopic (exact) mass is 262 g/mol. The summed E-state index contributed by atoms with van der Waals surface area (Å²) in [5, 5.41) is 12.7. The van der Waals surface area contributed by atoms with Crippen molar-refractivity contribution in [1.82, 2.24) is 9.62 Å². The van der Waals surface area contributed by atoms with E-state index in [1.54, 1.807) is 11.2 Å². The van der Waals surface area contributed by atoms with Gasteiger partial charge in [-0.25, -0.2) is 12.7 Å². The zero-order valence-electron chi connectivity index (χ0n) is 10.3. The fourth-order valence-corrected chi connectivity index (χ4v) is 4.46. The van der Waals surface area contributed by atoms with Gasteiger partial charge in [0.05, 0.1) is 11.9 Å². The SMILES string of the molecule is CC(O)C1CCN(S(=O)(=O)CC2CCCN2)C1. The predicted octanol–water partition coefficient (Wildman–Crippen LogP) is -0.229. The Morgan fingerprint density at radius 3 is 2.76 bits per heavy atom. The lowest BCUT2D eigenvalue weighted by Gasteiger charge is -2.20. The van der Waals surface area contributed by atoms with Crippen LogP contribution in [0.15, 0.2) is 0 Å². The van der Waals surface area contributed by atoms with Crippen LogP contribution in [0.5, 0.6) is 0 Å². The van der Waals surface area contributed by atoms with Gasteiger partial charge in [0, 0.05) is 19.1 Å². The van der Waals surface area contributed by atoms with Gasteiger partial charge in [-0.2, -0.15) is 0 Å². The first-order valence-corrected chi connectivity index (χ1v) is 7.99. The molecule has 6 heteroatoms. The van der Waals surface area contributed by atoms with E-state index in [0.717, 1.165) is 25.8 Å². The van der Waals surface area contributed by atoms with Gasteiger partial charge in [-0.1, -0.05) is 0 Å². The van der Waals surface area contributed by atoms with Crippen LogP contribution in [0.4, 0.5) is 0 Å². The van der Waals surface area contributed by atoms with Crippen LogP contribution in [0.25, 0.3) is 0 Å². The van der Waals surface area contributed by atoms with Gasteiger partial charge < -0.3 is 10.4 Å². The fraction of sp³-hybridized carbons (Fsp3) is 1.00. The van der Waals surface area contributed by atoms with Crippen LogP contribution in [0.2, 0.25) is 0 Å². The number of hydrogen-bond donors (Lipinski definition) is 2. The van der Waals surface area contributed by atoms with E-state index in [4.69, 9.17) is 0 Å². The van der Waals surface area contributed by atoms with E-state index in [2.05, 4.69) is 5.32 Å². The average molecular weight is 262 g/mol. The molecule has 0 amide bonds. The van der Waals surface area contributed by atoms with Gasteiger partial charge >= 0.3 is 0 Å². The molecule has 2 rings (SSSR count). The largest absolute Gasteiger partial charge is 0.393 e. The summed E-state index contributed by atoms with van der Waals surface area (Å²) in [7, 11) is -3.15. The van der Waals surface area contributed by atoms with Gasteiger partial charge in [-0.05, 0) is 38.6 Å². The zero-order chi connectivity index (χ0) is 12.5. The number of aliphatic hydroxyl groups excluding tert-OH is 1. The summed E-state index contributed by atoms with van der Waals surface area (Å²) in [5.74, 6) is 0.306. The number of sulfonamides is 1. The first kappa shape index (κ1) is 13.3. The average Bonchev–Trinajstić information content (AvgIpc) is 2.84. The second kappa shape index (κ2) is 5.22. The van der Waals surface area contributed by atoms with Gasteiger partial charge in [0.15, 0.2) is 0 Å². The van der Waals surface area contributed by atoms with Crippen molar-refractivity contribution in [3.05, 3.63) is 0 Å². The smallest absolute Gasteiger partial charge is 0.215 e. The Morgan fingerprint density at radius 2 is 2.24 bits per heavy atom. The predicted molar refractivity (Wildman–Crippen MR) is 66.2 cm³/mol. The van der Waals surface area contributed by atoms with E-state index >= 15 is 0 Å². The molecule has 2 saturated heterocycles. The quantitative estimate of drug-likeness (QED) is 0.734. The maximum atomic E-state index is 12.2. The lowest BCUT2D eigenvalue weighted by molar-refractivity contribution is 0.133. The summed E-state index contributed by atoms with van der Waals surface area (Å²) in [4.78, 5) is 0. The van der Waals surface area contributed by atoms with Gasteiger partial charge in [0.2, 0.25) is 10.0 Å². The Hall–Kier alpha value is -0.170. The van der Waals surface area contributed by atoms with Crippen molar-refractivity contribution in [3.63, 3.8) is 0 Å². The highest BCUT2D eigenvalue weighted by Crippen LogP contribution is 2.23. The molecule has 0 aliphatic carbocycles. The Labute approximate surface area is 103 Å². The van der Waals surface area contributed by atoms with Gasteiger partial charge in [0.25, 0.3) is 0 Å². The third kappa shape index (κ3) is 3.19. The van der Waals surface area contributed by atoms with Crippen molar-refractivity contribution in [1.29, 1.82) is 0 Å². The molecule has 100 valence electrons. The number of hydrogen-bond acceptors (Lipinski definition) is 4. The minimum absolute atomic E-state index is 0.0984. The first-order valence-electron chi connectivity index (χ1n) is 6.38. The Bertz CT molecular complexity index is 350. The third-order valence-corrected chi connectivity index (χ3v) is 5.78. The standard InChI is InChI=1S/C11H22N2O3S/c1-9(14)10-4-6-13(7-10)17(15,16)8-11-3-2-5-12-11/h9-12,14H,2-8H2,1H3. The number of rotatable bonds is 4. The van der Waals surface area contributed by atoms with Crippen LogP contribution in [-0.2, 0) is 10.0 Å². The van der Waals surface area contributed by atoms with Crippen LogP contribution in [0.3, 0.4) is 0 Å². The molecule has 17 heavy (non-hydrogen) atoms. The number of nitrogens with zero attached hydrogens (tertiary/aromatic N) is 1. The molecule has 2 heterocycles. The van der Waals surface area contributed by atoms with Crippen molar-refractivity contribution in [2.75, 3.05) is 25.4 Å². The fourth-order valence-electron chi connectivity index (χ4n) is 2.66. The second-order valence-corrected chi connectivity index (χ2v) is 7.23. The molecule has 0 spiro atoms. The van der Waals surface area contributed by atoms with Crippen LogP contribution < -0.4 is 5.32 Å². The highest BCUT2D eigenvalue weighted by molar-refractivity contribution is 7.89. The van der Waals surface area contributed by atoms with E-state index < -0.39 is 16.1 Å². The van der Waals surface area contributed by atoms with Crippen molar-refractivity contribution in [2.45, 2.75) is 38.3 Å². The topological polar surface area (TPSA) is 69.6 Å². The Balaban J connectivity index is 1.92. The van der Waals surface area contributed by atoms with E-state index in [1.165, 1.54) is 0 Å². The lowest BCUT2D eigenvalue weighted by Crippen LogP contribution is -2.39. The van der Waals surface area contributed by atoms with Crippen LogP contribution in [-0.4, -0.2) is 55.4 Å². The summed E-state index contributed by atoms with van der Waals surface area (Å²) in [5.41, 5.74) is 0. The molecule has 0 bridgehead atoms. The summed E-state index contributed by atoms with van der Waals surface area (Å²) < 4.78 is 25.9. The molecule has 0 aromatic carbocycles. The molecule has 0 aromatic heterocycles. The highest BCUT2D eigenvalue weighted by Gasteiger charge is 2.35. The zero-order valence-corrected chi connectivity index (χ0v) is 11.1. The molecular weight excluding hydrogens is 240 g/mol. The van der Waals surface area contributed by atoms with E-state index in [0.29, 0.717) is 13.1 Å². The molecule has 5 nitrogen and oxygen atoms in total. The maximum Gasteiger partial charge on any atom is 0.215 e. The molecule has 2 N–H and O–H groups in total. The van der Waals surface area contributed by atoms with Crippen molar-refractivity contribution in [2.24, 2.45) is 5.92 Å². The van der Waals surface area contributed by atoms with E-state index in [1.807, 2.05) is 0 Å². The minimum atomic E-state index is -3.15. The van der Waals surface area contributed by atoms with Gasteiger partial charge in [-0.15, -0.1) is 0 Å². The molecule has 0 radical (unpaired) electrons. The summed E-state index contributed by atoms with van der Waals surface area (Å²) >= 11 is 0. The molecule has 2 aliphatic heterocycles.